The predicted octanol–water partition coefficient (Wildman–Crippen LogP) is 3.45. The molecule has 1 heterocycles. The Kier molecular flexibility index (Phi) is 6.38. The molecule has 0 bridgehead atoms. The van der Waals surface area contributed by atoms with E-state index in [-0.39, 0.29) is 24.7 Å². The molecular formula is C20H17N3O7. The number of nitro benzene ring substituents is 1. The highest BCUT2D eigenvalue weighted by molar-refractivity contribution is 5.75. The monoisotopic (exact) mass is 411 g/mol. The summed E-state index contributed by atoms with van der Waals surface area (Å²) in [6.07, 6.45) is 2.03. The van der Waals surface area contributed by atoms with Crippen LogP contribution in [0, 0.1) is 10.1 Å². The van der Waals surface area contributed by atoms with Crippen LogP contribution in [-0.2, 0) is 9.53 Å². The van der Waals surface area contributed by atoms with Crippen LogP contribution < -0.4 is 9.47 Å². The van der Waals surface area contributed by atoms with Gasteiger partial charge < -0.3 is 14.2 Å². The number of non-ortho nitro benzene ring substituents is 1. The minimum Gasteiger partial charge on any atom is -0.482 e. The van der Waals surface area contributed by atoms with E-state index in [4.69, 9.17) is 14.2 Å². The van der Waals surface area contributed by atoms with Gasteiger partial charge in [-0.15, -0.1) is 0 Å². The number of carbonyl (C=O) groups excluding carboxylic acids is 2. The molecule has 0 N–H and O–H groups in total. The van der Waals surface area contributed by atoms with Crippen LogP contribution in [0.3, 0.4) is 0 Å². The molecule has 1 aromatic heterocycles. The summed E-state index contributed by atoms with van der Waals surface area (Å²) >= 11 is 0. The van der Waals surface area contributed by atoms with Crippen LogP contribution >= 0.6 is 0 Å². The molecule has 0 aliphatic heterocycles. The van der Waals surface area contributed by atoms with Crippen molar-refractivity contribution < 1.29 is 28.7 Å². The maximum atomic E-state index is 12.3. The molecule has 2 aromatic carbocycles. The first-order valence-corrected chi connectivity index (χ1v) is 8.85. The summed E-state index contributed by atoms with van der Waals surface area (Å²) in [6.45, 7) is 1.77. The molecule has 0 atom stereocenters. The second-order valence-corrected chi connectivity index (χ2v) is 5.91. The number of carbonyl (C=O) groups is 2. The Morgan fingerprint density at radius 3 is 2.60 bits per heavy atom. The average Bonchev–Trinajstić information content (AvgIpc) is 3.24. The van der Waals surface area contributed by atoms with Crippen LogP contribution in [0.5, 0.6) is 11.5 Å². The third kappa shape index (κ3) is 5.19. The molecule has 3 aromatic rings. The fourth-order valence-corrected chi connectivity index (χ4v) is 2.45. The van der Waals surface area contributed by atoms with E-state index in [9.17, 15) is 19.7 Å². The summed E-state index contributed by atoms with van der Waals surface area (Å²) in [5, 5.41) is 10.7. The Balaban J connectivity index is 1.66. The first-order chi connectivity index (χ1) is 14.5. The lowest BCUT2D eigenvalue weighted by Crippen LogP contribution is -2.14. The van der Waals surface area contributed by atoms with E-state index in [1.807, 2.05) is 0 Å². The van der Waals surface area contributed by atoms with E-state index in [0.29, 0.717) is 17.0 Å². The molecule has 0 unspecified atom stereocenters. The normalized spacial score (nSPS) is 10.3. The quantitative estimate of drug-likeness (QED) is 0.329. The van der Waals surface area contributed by atoms with Crippen molar-refractivity contribution in [3.8, 4) is 22.8 Å². The zero-order chi connectivity index (χ0) is 21.5. The number of benzene rings is 2. The third-order valence-corrected chi connectivity index (χ3v) is 3.84. The van der Waals surface area contributed by atoms with Crippen LogP contribution in [0.15, 0.2) is 61.1 Å². The fraction of sp³-hybridized carbons (Fsp3) is 0.150. The largest absolute Gasteiger partial charge is 0.482 e. The predicted molar refractivity (Wildman–Crippen MR) is 104 cm³/mol. The van der Waals surface area contributed by atoms with Gasteiger partial charge in [0.25, 0.3) is 5.69 Å². The number of hydrogen-bond donors (Lipinski definition) is 0. The van der Waals surface area contributed by atoms with Crippen molar-refractivity contribution in [1.82, 2.24) is 9.55 Å². The minimum absolute atomic E-state index is 0.107. The highest BCUT2D eigenvalue weighted by atomic mass is 16.6. The van der Waals surface area contributed by atoms with E-state index in [1.54, 1.807) is 31.2 Å². The third-order valence-electron chi connectivity index (χ3n) is 3.84. The molecule has 10 heteroatoms. The summed E-state index contributed by atoms with van der Waals surface area (Å²) in [5.74, 6) is 0.139. The van der Waals surface area contributed by atoms with E-state index >= 15 is 0 Å². The van der Waals surface area contributed by atoms with Gasteiger partial charge in [0.2, 0.25) is 0 Å². The van der Waals surface area contributed by atoms with Crippen LogP contribution in [0.1, 0.15) is 6.92 Å². The molecule has 0 radical (unpaired) electrons. The summed E-state index contributed by atoms with van der Waals surface area (Å²) in [7, 11) is 0. The van der Waals surface area contributed by atoms with Crippen molar-refractivity contribution in [2.45, 2.75) is 6.92 Å². The van der Waals surface area contributed by atoms with Crippen molar-refractivity contribution >= 4 is 17.7 Å². The Morgan fingerprint density at radius 1 is 1.13 bits per heavy atom. The highest BCUT2D eigenvalue weighted by Gasteiger charge is 2.13. The number of aromatic nitrogens is 2. The average molecular weight is 411 g/mol. The SMILES string of the molecule is CCOC(=O)COc1cccc(-c2cn(C(=O)Oc3ccc([N+](=O)[O-])cc3)cn2)c1. The van der Waals surface area contributed by atoms with Gasteiger partial charge in [-0.2, -0.15) is 0 Å². The van der Waals surface area contributed by atoms with Gasteiger partial charge in [0.1, 0.15) is 17.8 Å². The Bertz CT molecular complexity index is 1060. The van der Waals surface area contributed by atoms with Crippen molar-refractivity contribution in [3.05, 3.63) is 71.2 Å². The van der Waals surface area contributed by atoms with Gasteiger partial charge in [0.05, 0.1) is 17.2 Å². The molecular weight excluding hydrogens is 394 g/mol. The van der Waals surface area contributed by atoms with E-state index in [2.05, 4.69) is 4.98 Å². The van der Waals surface area contributed by atoms with Gasteiger partial charge in [0, 0.05) is 23.9 Å². The van der Waals surface area contributed by atoms with Gasteiger partial charge >= 0.3 is 12.1 Å². The summed E-state index contributed by atoms with van der Waals surface area (Å²) in [6, 6.07) is 12.0. The molecule has 3 rings (SSSR count). The second-order valence-electron chi connectivity index (χ2n) is 5.91. The van der Waals surface area contributed by atoms with Crippen molar-refractivity contribution in [1.29, 1.82) is 0 Å². The Labute approximate surface area is 170 Å². The van der Waals surface area contributed by atoms with E-state index in [0.717, 1.165) is 4.57 Å². The summed E-state index contributed by atoms with van der Waals surface area (Å²) in [5.41, 5.74) is 1.04. The van der Waals surface area contributed by atoms with Crippen LogP contribution in [0.4, 0.5) is 10.5 Å². The van der Waals surface area contributed by atoms with Crippen LogP contribution in [0.2, 0.25) is 0 Å². The molecule has 0 amide bonds. The number of esters is 1. The lowest BCUT2D eigenvalue weighted by Gasteiger charge is -2.06. The number of rotatable bonds is 7. The van der Waals surface area contributed by atoms with E-state index in [1.165, 1.54) is 36.8 Å². The number of ether oxygens (including phenoxy) is 3. The Morgan fingerprint density at radius 2 is 1.90 bits per heavy atom. The summed E-state index contributed by atoms with van der Waals surface area (Å²) < 4.78 is 16.5. The molecule has 0 fully saturated rings. The zero-order valence-electron chi connectivity index (χ0n) is 15.9. The molecule has 10 nitrogen and oxygen atoms in total. The number of imidazole rings is 1. The van der Waals surface area contributed by atoms with Gasteiger partial charge in [-0.1, -0.05) is 12.1 Å². The lowest BCUT2D eigenvalue weighted by atomic mass is 10.1. The fourth-order valence-electron chi connectivity index (χ4n) is 2.45. The van der Waals surface area contributed by atoms with Crippen LogP contribution in [-0.4, -0.2) is 39.8 Å². The van der Waals surface area contributed by atoms with Crippen molar-refractivity contribution in [2.24, 2.45) is 0 Å². The first-order valence-electron chi connectivity index (χ1n) is 8.85. The minimum atomic E-state index is -0.725. The first kappa shape index (κ1) is 20.5. The number of nitrogens with zero attached hydrogens (tertiary/aromatic N) is 3. The highest BCUT2D eigenvalue weighted by Crippen LogP contribution is 2.23. The molecule has 0 saturated heterocycles. The zero-order valence-corrected chi connectivity index (χ0v) is 15.9. The molecule has 0 saturated carbocycles. The molecule has 30 heavy (non-hydrogen) atoms. The molecule has 154 valence electrons. The van der Waals surface area contributed by atoms with Gasteiger partial charge in [0.15, 0.2) is 6.61 Å². The topological polar surface area (TPSA) is 123 Å². The smallest absolute Gasteiger partial charge is 0.424 e. The van der Waals surface area contributed by atoms with Crippen molar-refractivity contribution in [2.75, 3.05) is 13.2 Å². The molecule has 0 spiro atoms. The maximum absolute atomic E-state index is 12.3. The second kappa shape index (κ2) is 9.32. The summed E-state index contributed by atoms with van der Waals surface area (Å²) in [4.78, 5) is 38.0. The molecule has 0 aliphatic carbocycles. The Hall–Kier alpha value is -4.21. The van der Waals surface area contributed by atoms with Gasteiger partial charge in [-0.3, -0.25) is 10.1 Å². The van der Waals surface area contributed by atoms with E-state index < -0.39 is 17.0 Å². The standard InChI is InChI=1S/C20H17N3O7/c1-2-28-19(24)12-29-17-5-3-4-14(10-17)18-11-22(13-21-18)20(25)30-16-8-6-15(7-9-16)23(26)27/h3-11,13H,2,12H2,1H3. The van der Waals surface area contributed by atoms with Gasteiger partial charge in [-0.25, -0.2) is 19.1 Å². The van der Waals surface area contributed by atoms with Crippen molar-refractivity contribution in [3.63, 3.8) is 0 Å². The van der Waals surface area contributed by atoms with Crippen LogP contribution in [0.25, 0.3) is 11.3 Å². The maximum Gasteiger partial charge on any atom is 0.424 e. The van der Waals surface area contributed by atoms with Gasteiger partial charge in [-0.05, 0) is 31.2 Å². The molecule has 0 aliphatic rings. The number of hydrogen-bond acceptors (Lipinski definition) is 8. The number of nitro groups is 1. The lowest BCUT2D eigenvalue weighted by molar-refractivity contribution is -0.384.